The van der Waals surface area contributed by atoms with E-state index < -0.39 is 20.0 Å². The summed E-state index contributed by atoms with van der Waals surface area (Å²) >= 11 is 26.8. The van der Waals surface area contributed by atoms with Crippen LogP contribution in [0.1, 0.15) is 133 Å². The molecule has 0 atom stereocenters. The van der Waals surface area contributed by atoms with Gasteiger partial charge in [-0.15, -0.1) is 69.7 Å². The monoisotopic (exact) mass is 1270 g/mol. The van der Waals surface area contributed by atoms with Gasteiger partial charge in [-0.1, -0.05) is 204 Å². The highest BCUT2D eigenvalue weighted by atomic mass is 32.3. The highest BCUT2D eigenvalue weighted by molar-refractivity contribution is 8.42. The summed E-state index contributed by atoms with van der Waals surface area (Å²) in [4.78, 5) is 16.1. The predicted octanol–water partition coefficient (Wildman–Crippen LogP) is 19.2. The summed E-state index contributed by atoms with van der Waals surface area (Å²) in [5, 5.41) is 0. The van der Waals surface area contributed by atoms with E-state index in [9.17, 15) is 21.6 Å². The van der Waals surface area contributed by atoms with Gasteiger partial charge in [-0.05, 0) is 86.8 Å². The van der Waals surface area contributed by atoms with E-state index in [2.05, 4.69) is 27.7 Å². The Hall–Kier alpha value is 0.400. The second kappa shape index (κ2) is 32.6. The molecule has 0 fully saturated rings. The zero-order valence-corrected chi connectivity index (χ0v) is 54.1. The second-order valence-corrected chi connectivity index (χ2v) is 36.8. The summed E-state index contributed by atoms with van der Waals surface area (Å²) in [5.41, 5.74) is 2.09. The van der Waals surface area contributed by atoms with Crippen LogP contribution < -0.4 is 4.06 Å². The van der Waals surface area contributed by atoms with Gasteiger partial charge < -0.3 is 0 Å². The number of nitrogens with zero attached hydrogens (tertiary/aromatic N) is 2. The van der Waals surface area contributed by atoms with Crippen LogP contribution in [-0.4, -0.2) is 61.5 Å². The minimum absolute atomic E-state index is 0. The fourth-order valence-electron chi connectivity index (χ4n) is 7.10. The summed E-state index contributed by atoms with van der Waals surface area (Å²) in [6, 6.07) is 14.0. The van der Waals surface area contributed by atoms with Crippen molar-refractivity contribution in [2.75, 3.05) is 36.1 Å². The zero-order valence-electron chi connectivity index (χ0n) is 41.8. The lowest BCUT2D eigenvalue weighted by molar-refractivity contribution is 0.434. The van der Waals surface area contributed by atoms with E-state index >= 15 is 0 Å². The molecule has 4 aliphatic heterocycles. The van der Waals surface area contributed by atoms with Gasteiger partial charge in [-0.2, -0.15) is 8.61 Å². The first-order chi connectivity index (χ1) is 34.7. The third-order valence-electron chi connectivity index (χ3n) is 11.2. The molecular weight excluding hydrogens is 1200 g/mol. The molecule has 0 radical (unpaired) electrons. The SMILES string of the molecule is C.CCCCCSC1=C(SCCCCC)SC(=C2SC3=C(CN(S(=O)(=O)c4ccc(C)cc4)C3)S2)S1.CCCCCSc1sc(=S)sc1SCCCCC.Cc1ccc(S(=O)(=O)N2Cc3sc(=O)sc3C2)cc1. The van der Waals surface area contributed by atoms with E-state index in [0.29, 0.717) is 36.0 Å². The third-order valence-corrected chi connectivity index (χ3v) is 31.7. The zero-order chi connectivity index (χ0) is 51.7. The Balaban J connectivity index is 0.000000220. The Labute approximate surface area is 493 Å². The van der Waals surface area contributed by atoms with Crippen molar-refractivity contribution in [3.05, 3.63) is 108 Å². The molecule has 0 unspecified atom stereocenters. The lowest BCUT2D eigenvalue weighted by Crippen LogP contribution is -2.29. The number of hydrogen-bond acceptors (Lipinski definition) is 18. The van der Waals surface area contributed by atoms with Gasteiger partial charge in [0.2, 0.25) is 20.0 Å². The van der Waals surface area contributed by atoms with Gasteiger partial charge in [-0.3, -0.25) is 4.79 Å². The number of aryl methyl sites for hydroxylation is 2. The molecular formula is C51H70N2O5S15. The van der Waals surface area contributed by atoms with E-state index in [0.717, 1.165) is 46.7 Å². The van der Waals surface area contributed by atoms with Crippen molar-refractivity contribution in [2.45, 2.75) is 157 Å². The Morgan fingerprint density at radius 2 is 0.836 bits per heavy atom. The van der Waals surface area contributed by atoms with Crippen LogP contribution in [0.2, 0.25) is 0 Å². The molecule has 0 N–H and O–H groups in total. The molecule has 4 aliphatic rings. The highest BCUT2D eigenvalue weighted by Crippen LogP contribution is 2.64. The number of fused-ring (bicyclic) bond motifs is 1. The molecule has 4 aromatic rings. The predicted molar refractivity (Wildman–Crippen MR) is 342 cm³/mol. The van der Waals surface area contributed by atoms with Crippen molar-refractivity contribution in [1.29, 1.82) is 0 Å². The second-order valence-electron chi connectivity index (χ2n) is 17.1. The lowest BCUT2D eigenvalue weighted by atomic mass is 10.2. The number of unbranched alkanes of at least 4 members (excludes halogenated alkanes) is 8. The Bertz CT molecular complexity index is 2720. The average molecular weight is 1270 g/mol. The molecule has 2 aromatic carbocycles. The first-order valence-electron chi connectivity index (χ1n) is 24.5. The molecule has 0 bridgehead atoms. The maximum absolute atomic E-state index is 13.1. The Kier molecular flexibility index (Phi) is 28.7. The molecule has 8 rings (SSSR count). The van der Waals surface area contributed by atoms with E-state index in [-0.39, 0.29) is 11.5 Å². The number of thioether (sulfide) groups is 8. The first-order valence-corrected chi connectivity index (χ1v) is 38.2. The van der Waals surface area contributed by atoms with Crippen molar-refractivity contribution in [3.63, 3.8) is 0 Å². The normalized spacial score (nSPS) is 15.9. The van der Waals surface area contributed by atoms with Gasteiger partial charge >= 0.3 is 0 Å². The molecule has 22 heteroatoms. The van der Waals surface area contributed by atoms with E-state index in [4.69, 9.17) is 12.2 Å². The van der Waals surface area contributed by atoms with Gasteiger partial charge in [0, 0.05) is 32.7 Å². The maximum atomic E-state index is 13.1. The van der Waals surface area contributed by atoms with Crippen molar-refractivity contribution in [1.82, 2.24) is 8.61 Å². The van der Waals surface area contributed by atoms with Gasteiger partial charge in [0.15, 0.2) is 0 Å². The van der Waals surface area contributed by atoms with Crippen molar-refractivity contribution >= 4 is 172 Å². The van der Waals surface area contributed by atoms with Crippen LogP contribution >= 0.6 is 152 Å². The number of hydrogen-bond donors (Lipinski definition) is 0. The van der Waals surface area contributed by atoms with Crippen LogP contribution in [0.4, 0.5) is 0 Å². The average Bonchev–Trinajstić information content (AvgIpc) is 4.22. The minimum atomic E-state index is -3.46. The standard InChI is InChI=1S/C25H33NO2S7.C13H22S5.C12H11NO3S3.CH4/c1-4-6-8-14-29-22-23(30-15-9-7-5-2)34-25(33-22)24-31-20-16-26(17-21(20)32-24)35(27,28)19-12-10-18(3)11-13-19;1-3-5-7-9-15-11-12(18-13(14)17-11)16-10-8-6-4-2;1-8-2-4-9(5-3-8)19(15,16)13-6-10-11(7-13)18-12(14)17-10;/h10-13H,4-9,14-17H2,1-3H3;3-10H2,1-2H3;2-5H,6-7H2,1H3;1H4. The van der Waals surface area contributed by atoms with Gasteiger partial charge in [0.05, 0.1) is 48.2 Å². The highest BCUT2D eigenvalue weighted by Gasteiger charge is 2.39. The molecule has 73 heavy (non-hydrogen) atoms. The largest absolute Gasteiger partial charge is 0.287 e. The summed E-state index contributed by atoms with van der Waals surface area (Å²) in [6.07, 6.45) is 15.6. The maximum Gasteiger partial charge on any atom is 0.287 e. The van der Waals surface area contributed by atoms with Crippen molar-refractivity contribution in [3.8, 4) is 0 Å². The van der Waals surface area contributed by atoms with Crippen LogP contribution in [-0.2, 0) is 33.1 Å². The number of rotatable bonds is 24. The first kappa shape index (κ1) is 64.2. The molecule has 0 saturated carbocycles. The van der Waals surface area contributed by atoms with Gasteiger partial charge in [-0.25, -0.2) is 16.8 Å². The molecule has 0 saturated heterocycles. The van der Waals surface area contributed by atoms with Crippen LogP contribution in [0.25, 0.3) is 0 Å². The number of sulfonamides is 2. The molecule has 7 nitrogen and oxygen atoms in total. The molecule has 2 aromatic heterocycles. The van der Waals surface area contributed by atoms with Crippen LogP contribution in [0.15, 0.2) is 98.3 Å². The van der Waals surface area contributed by atoms with Crippen molar-refractivity contribution in [2.24, 2.45) is 0 Å². The fraction of sp³-hybridized carbons (Fsp3) is 0.529. The summed E-state index contributed by atoms with van der Waals surface area (Å²) in [6.45, 7) is 14.5. The fourth-order valence-corrected chi connectivity index (χ4v) is 27.7. The summed E-state index contributed by atoms with van der Waals surface area (Å²) in [7, 11) is -6.92. The third kappa shape index (κ3) is 19.3. The van der Waals surface area contributed by atoms with E-state index in [1.807, 2.05) is 119 Å². The molecule has 0 amide bonds. The van der Waals surface area contributed by atoms with E-state index in [1.165, 1.54) is 140 Å². The molecule has 404 valence electrons. The Morgan fingerprint density at radius 3 is 1.21 bits per heavy atom. The smallest absolute Gasteiger partial charge is 0.265 e. The minimum Gasteiger partial charge on any atom is -0.265 e. The quantitative estimate of drug-likeness (QED) is 0.0379. The van der Waals surface area contributed by atoms with E-state index in [1.54, 1.807) is 64.2 Å². The van der Waals surface area contributed by atoms with Gasteiger partial charge in [0.25, 0.3) is 4.06 Å². The van der Waals surface area contributed by atoms with Crippen molar-refractivity contribution < 1.29 is 16.8 Å². The summed E-state index contributed by atoms with van der Waals surface area (Å²) in [5.74, 6) is 4.88. The topological polar surface area (TPSA) is 91.8 Å². The van der Waals surface area contributed by atoms with Crippen LogP contribution in [0.3, 0.4) is 0 Å². The van der Waals surface area contributed by atoms with Gasteiger partial charge in [0.1, 0.15) is 3.14 Å². The van der Waals surface area contributed by atoms with Crippen LogP contribution in [0.5, 0.6) is 0 Å². The summed E-state index contributed by atoms with van der Waals surface area (Å²) < 4.78 is 64.0. The molecule has 0 spiro atoms. The molecule has 0 aliphatic carbocycles. The Morgan fingerprint density at radius 1 is 0.493 bits per heavy atom. The lowest BCUT2D eigenvalue weighted by Gasteiger charge is -2.18. The van der Waals surface area contributed by atoms with Crippen LogP contribution in [0, 0.1) is 17.0 Å². The number of benzene rings is 2. The molecule has 6 heterocycles.